The minimum atomic E-state index is 0.435. The summed E-state index contributed by atoms with van der Waals surface area (Å²) in [7, 11) is 0. The number of hydrogen-bond acceptors (Lipinski definition) is 4. The first-order chi connectivity index (χ1) is 7.79. The number of rotatable bonds is 2. The molecule has 2 rings (SSSR count). The third-order valence-corrected chi connectivity index (χ3v) is 2.13. The average molecular weight is 214 g/mol. The SMILES string of the molecule is Cc1cnc(CN2CC=NC2=NC#N)cn1. The van der Waals surface area contributed by atoms with Gasteiger partial charge in [-0.25, -0.2) is 4.99 Å². The van der Waals surface area contributed by atoms with Gasteiger partial charge < -0.3 is 4.90 Å². The molecule has 6 heteroatoms. The topological polar surface area (TPSA) is 77.5 Å². The van der Waals surface area contributed by atoms with E-state index in [9.17, 15) is 0 Å². The zero-order valence-electron chi connectivity index (χ0n) is 8.83. The average Bonchev–Trinajstić information content (AvgIpc) is 2.70. The van der Waals surface area contributed by atoms with Gasteiger partial charge in [-0.15, -0.1) is 4.99 Å². The van der Waals surface area contributed by atoms with E-state index in [1.165, 1.54) is 0 Å². The van der Waals surface area contributed by atoms with Gasteiger partial charge in [-0.3, -0.25) is 9.97 Å². The fourth-order valence-corrected chi connectivity index (χ4v) is 1.36. The lowest BCUT2D eigenvalue weighted by atomic mass is 10.4. The molecule has 0 saturated carbocycles. The van der Waals surface area contributed by atoms with Crippen molar-refractivity contribution in [3.63, 3.8) is 0 Å². The fourth-order valence-electron chi connectivity index (χ4n) is 1.36. The molecule has 0 atom stereocenters. The maximum atomic E-state index is 8.48. The van der Waals surface area contributed by atoms with Crippen molar-refractivity contribution in [2.75, 3.05) is 6.54 Å². The molecule has 0 aliphatic carbocycles. The third kappa shape index (κ3) is 2.20. The predicted octanol–water partition coefficient (Wildman–Crippen LogP) is 0.508. The molecule has 0 aromatic carbocycles. The van der Waals surface area contributed by atoms with Gasteiger partial charge in [-0.05, 0) is 6.92 Å². The minimum Gasteiger partial charge on any atom is -0.329 e. The first-order valence-electron chi connectivity index (χ1n) is 4.81. The second kappa shape index (κ2) is 4.49. The summed E-state index contributed by atoms with van der Waals surface area (Å²) in [5.74, 6) is 0.435. The van der Waals surface area contributed by atoms with Crippen molar-refractivity contribution in [2.24, 2.45) is 9.98 Å². The zero-order chi connectivity index (χ0) is 11.4. The Morgan fingerprint density at radius 2 is 2.38 bits per heavy atom. The predicted molar refractivity (Wildman–Crippen MR) is 58.7 cm³/mol. The molecule has 0 N–H and O–H groups in total. The molecule has 0 fully saturated rings. The normalized spacial score (nSPS) is 16.8. The number of aryl methyl sites for hydroxylation is 1. The summed E-state index contributed by atoms with van der Waals surface area (Å²) in [4.78, 5) is 17.9. The van der Waals surface area contributed by atoms with E-state index >= 15 is 0 Å². The van der Waals surface area contributed by atoms with E-state index in [1.54, 1.807) is 24.8 Å². The van der Waals surface area contributed by atoms with Crippen LogP contribution in [0.25, 0.3) is 0 Å². The highest BCUT2D eigenvalue weighted by Crippen LogP contribution is 2.06. The van der Waals surface area contributed by atoms with Gasteiger partial charge >= 0.3 is 0 Å². The molecule has 16 heavy (non-hydrogen) atoms. The van der Waals surface area contributed by atoms with Crippen molar-refractivity contribution in [3.8, 4) is 6.19 Å². The van der Waals surface area contributed by atoms with Crippen LogP contribution < -0.4 is 0 Å². The molecule has 1 aromatic heterocycles. The van der Waals surface area contributed by atoms with Crippen LogP contribution in [0.1, 0.15) is 11.4 Å². The molecule has 6 nitrogen and oxygen atoms in total. The van der Waals surface area contributed by atoms with Gasteiger partial charge in [0.25, 0.3) is 0 Å². The molecule has 2 heterocycles. The van der Waals surface area contributed by atoms with Crippen LogP contribution in [0.5, 0.6) is 0 Å². The van der Waals surface area contributed by atoms with Crippen molar-refractivity contribution < 1.29 is 0 Å². The summed E-state index contributed by atoms with van der Waals surface area (Å²) in [6.07, 6.45) is 6.89. The molecule has 0 spiro atoms. The molecule has 0 bridgehead atoms. The quantitative estimate of drug-likeness (QED) is 0.672. The van der Waals surface area contributed by atoms with E-state index in [1.807, 2.05) is 11.8 Å². The molecule has 1 aliphatic heterocycles. The Morgan fingerprint density at radius 3 is 3.06 bits per heavy atom. The minimum absolute atomic E-state index is 0.435. The number of guanidine groups is 1. The highest BCUT2D eigenvalue weighted by Gasteiger charge is 2.15. The van der Waals surface area contributed by atoms with E-state index in [2.05, 4.69) is 20.0 Å². The molecular formula is C10H10N6. The van der Waals surface area contributed by atoms with Gasteiger partial charge in [-0.1, -0.05) is 0 Å². The molecule has 0 saturated heterocycles. The van der Waals surface area contributed by atoms with E-state index in [4.69, 9.17) is 5.26 Å². The summed E-state index contributed by atoms with van der Waals surface area (Å²) in [6, 6.07) is 0. The maximum Gasteiger partial charge on any atom is 0.236 e. The molecule has 1 aliphatic rings. The lowest BCUT2D eigenvalue weighted by Gasteiger charge is -2.15. The lowest BCUT2D eigenvalue weighted by molar-refractivity contribution is 0.471. The van der Waals surface area contributed by atoms with Gasteiger partial charge in [0.1, 0.15) is 0 Å². The first-order valence-corrected chi connectivity index (χ1v) is 4.81. The number of aliphatic imine (C=N–C) groups is 2. The summed E-state index contributed by atoms with van der Waals surface area (Å²) in [6.45, 7) is 3.10. The Balaban J connectivity index is 2.09. The van der Waals surface area contributed by atoms with Crippen LogP contribution in [0.15, 0.2) is 22.4 Å². The molecule has 80 valence electrons. The Kier molecular flexibility index (Phi) is 2.87. The van der Waals surface area contributed by atoms with E-state index < -0.39 is 0 Å². The van der Waals surface area contributed by atoms with Gasteiger partial charge in [-0.2, -0.15) is 5.26 Å². The molecular weight excluding hydrogens is 204 g/mol. The third-order valence-electron chi connectivity index (χ3n) is 2.13. The van der Waals surface area contributed by atoms with Crippen molar-refractivity contribution in [2.45, 2.75) is 13.5 Å². The largest absolute Gasteiger partial charge is 0.329 e. The van der Waals surface area contributed by atoms with E-state index in [0.29, 0.717) is 19.0 Å². The highest BCUT2D eigenvalue weighted by atomic mass is 15.3. The fraction of sp³-hybridized carbons (Fsp3) is 0.300. The monoisotopic (exact) mass is 214 g/mol. The summed E-state index contributed by atoms with van der Waals surface area (Å²) in [5.41, 5.74) is 1.72. The second-order valence-corrected chi connectivity index (χ2v) is 3.35. The highest BCUT2D eigenvalue weighted by molar-refractivity contribution is 5.94. The Hall–Kier alpha value is -2.29. The standard InChI is InChI=1S/C10H10N6/c1-8-4-14-9(5-13-8)6-16-3-2-12-10(16)15-7-11/h2,4-5H,3,6H2,1H3. The van der Waals surface area contributed by atoms with Crippen molar-refractivity contribution >= 4 is 12.2 Å². The smallest absolute Gasteiger partial charge is 0.236 e. The maximum absolute atomic E-state index is 8.48. The molecule has 0 unspecified atom stereocenters. The van der Waals surface area contributed by atoms with Crippen molar-refractivity contribution in [1.29, 1.82) is 5.26 Å². The van der Waals surface area contributed by atoms with Crippen LogP contribution >= 0.6 is 0 Å². The van der Waals surface area contributed by atoms with E-state index in [-0.39, 0.29) is 0 Å². The second-order valence-electron chi connectivity index (χ2n) is 3.35. The van der Waals surface area contributed by atoms with Crippen LogP contribution in [-0.4, -0.2) is 33.6 Å². The van der Waals surface area contributed by atoms with Gasteiger partial charge in [0, 0.05) is 12.4 Å². The van der Waals surface area contributed by atoms with Gasteiger partial charge in [0.15, 0.2) is 0 Å². The lowest BCUT2D eigenvalue weighted by Crippen LogP contribution is -2.26. The number of hydrogen-bond donors (Lipinski definition) is 0. The number of nitriles is 1. The summed E-state index contributed by atoms with van der Waals surface area (Å²) in [5, 5.41) is 8.48. The van der Waals surface area contributed by atoms with Crippen LogP contribution in [-0.2, 0) is 6.54 Å². The Morgan fingerprint density at radius 1 is 1.50 bits per heavy atom. The van der Waals surface area contributed by atoms with Gasteiger partial charge in [0.2, 0.25) is 12.2 Å². The Bertz CT molecular complexity index is 467. The molecule has 0 amide bonds. The van der Waals surface area contributed by atoms with E-state index in [0.717, 1.165) is 11.4 Å². The zero-order valence-corrected chi connectivity index (χ0v) is 8.83. The number of nitrogens with zero attached hydrogens (tertiary/aromatic N) is 6. The Labute approximate surface area is 93.0 Å². The van der Waals surface area contributed by atoms with Gasteiger partial charge in [0.05, 0.1) is 30.7 Å². The summed E-state index contributed by atoms with van der Waals surface area (Å²) >= 11 is 0. The summed E-state index contributed by atoms with van der Waals surface area (Å²) < 4.78 is 0. The van der Waals surface area contributed by atoms with Crippen molar-refractivity contribution in [3.05, 3.63) is 23.8 Å². The van der Waals surface area contributed by atoms with Crippen LogP contribution in [0.3, 0.4) is 0 Å². The van der Waals surface area contributed by atoms with Crippen LogP contribution in [0.4, 0.5) is 0 Å². The number of aromatic nitrogens is 2. The van der Waals surface area contributed by atoms with Crippen LogP contribution in [0, 0.1) is 18.4 Å². The van der Waals surface area contributed by atoms with Crippen LogP contribution in [0.2, 0.25) is 0 Å². The molecule has 1 aromatic rings. The molecule has 0 radical (unpaired) electrons. The first kappa shape index (κ1) is 10.2. The van der Waals surface area contributed by atoms with Crippen molar-refractivity contribution in [1.82, 2.24) is 14.9 Å².